The number of hydrogen-bond acceptors (Lipinski definition) is 4. The molecule has 0 unspecified atom stereocenters. The molecule has 0 amide bonds. The molecule has 4 rings (SSSR count). The molecule has 0 saturated carbocycles. The standard InChI is InChI=1S/C19H18Cl4N2OS.ClH/c20-12-8-14(22)18-16(10-12)27-17-11-13(21)9-15(23)19(17)25(18)3-1-2-24-4-6-26-7-5-24;/h8-11H,1-7H2;1H. The molecule has 2 aromatic carbocycles. The number of benzene rings is 2. The zero-order valence-electron chi connectivity index (χ0n) is 14.9. The van der Waals surface area contributed by atoms with Crippen LogP contribution >= 0.6 is 70.6 Å². The van der Waals surface area contributed by atoms with Crippen LogP contribution < -0.4 is 4.90 Å². The van der Waals surface area contributed by atoms with Crippen LogP contribution in [-0.2, 0) is 4.74 Å². The topological polar surface area (TPSA) is 15.7 Å². The van der Waals surface area contributed by atoms with Gasteiger partial charge in [-0.05, 0) is 30.7 Å². The van der Waals surface area contributed by atoms with E-state index in [0.29, 0.717) is 20.1 Å². The molecule has 0 aromatic heterocycles. The monoisotopic (exact) mass is 498 g/mol. The molecule has 152 valence electrons. The molecule has 9 heteroatoms. The van der Waals surface area contributed by atoms with Crippen LogP contribution in [0.1, 0.15) is 6.42 Å². The van der Waals surface area contributed by atoms with Crippen molar-refractivity contribution in [1.82, 2.24) is 4.90 Å². The summed E-state index contributed by atoms with van der Waals surface area (Å²) in [5, 5.41) is 2.51. The van der Waals surface area contributed by atoms with Crippen LogP contribution in [0.15, 0.2) is 34.1 Å². The largest absolute Gasteiger partial charge is 0.379 e. The van der Waals surface area contributed by atoms with E-state index in [-0.39, 0.29) is 12.4 Å². The van der Waals surface area contributed by atoms with Gasteiger partial charge in [-0.25, -0.2) is 0 Å². The molecule has 1 fully saturated rings. The van der Waals surface area contributed by atoms with E-state index >= 15 is 0 Å². The minimum absolute atomic E-state index is 0. The second-order valence-electron chi connectivity index (χ2n) is 6.53. The summed E-state index contributed by atoms with van der Waals surface area (Å²) in [6, 6.07) is 7.46. The molecule has 28 heavy (non-hydrogen) atoms. The first-order chi connectivity index (χ1) is 13.0. The van der Waals surface area contributed by atoms with Crippen molar-refractivity contribution in [1.29, 1.82) is 0 Å². The first kappa shape index (κ1) is 22.6. The van der Waals surface area contributed by atoms with Gasteiger partial charge in [0.2, 0.25) is 0 Å². The summed E-state index contributed by atoms with van der Waals surface area (Å²) in [6.07, 6.45) is 0.988. The van der Waals surface area contributed by atoms with Crippen LogP contribution in [0.4, 0.5) is 11.4 Å². The zero-order chi connectivity index (χ0) is 19.0. The lowest BCUT2D eigenvalue weighted by Crippen LogP contribution is -2.38. The molecular weight excluding hydrogens is 482 g/mol. The molecule has 0 bridgehead atoms. The number of rotatable bonds is 4. The van der Waals surface area contributed by atoms with Crippen molar-refractivity contribution in [2.24, 2.45) is 0 Å². The summed E-state index contributed by atoms with van der Waals surface area (Å²) in [7, 11) is 0. The van der Waals surface area contributed by atoms with Crippen LogP contribution in [0.25, 0.3) is 0 Å². The van der Waals surface area contributed by atoms with Gasteiger partial charge in [0.1, 0.15) is 0 Å². The molecule has 0 atom stereocenters. The van der Waals surface area contributed by atoms with E-state index in [1.165, 1.54) is 0 Å². The SMILES string of the molecule is Cl.Clc1cc(Cl)c2c(c1)Sc1cc(Cl)cc(Cl)c1N2CCCN1CCOCC1. The Morgan fingerprint density at radius 2 is 1.36 bits per heavy atom. The molecular formula is C19H19Cl5N2OS. The second-order valence-corrected chi connectivity index (χ2v) is 9.30. The minimum atomic E-state index is 0. The average molecular weight is 501 g/mol. The van der Waals surface area contributed by atoms with Crippen molar-refractivity contribution in [2.75, 3.05) is 44.3 Å². The Balaban J connectivity index is 0.00000225. The highest BCUT2D eigenvalue weighted by Crippen LogP contribution is 2.54. The van der Waals surface area contributed by atoms with Crippen molar-refractivity contribution < 1.29 is 4.74 Å². The number of hydrogen-bond donors (Lipinski definition) is 0. The Morgan fingerprint density at radius 1 is 0.821 bits per heavy atom. The summed E-state index contributed by atoms with van der Waals surface area (Å²) < 4.78 is 5.43. The van der Waals surface area contributed by atoms with E-state index in [1.807, 2.05) is 12.1 Å². The average Bonchev–Trinajstić information content (AvgIpc) is 2.61. The van der Waals surface area contributed by atoms with Crippen LogP contribution in [0, 0.1) is 0 Å². The van der Waals surface area contributed by atoms with Gasteiger partial charge in [0.25, 0.3) is 0 Å². The molecule has 2 aliphatic rings. The van der Waals surface area contributed by atoms with Crippen LogP contribution in [-0.4, -0.2) is 44.3 Å². The van der Waals surface area contributed by atoms with Gasteiger partial charge < -0.3 is 9.64 Å². The number of nitrogens with zero attached hydrogens (tertiary/aromatic N) is 2. The fraction of sp³-hybridized carbons (Fsp3) is 0.368. The summed E-state index contributed by atoms with van der Waals surface area (Å²) in [4.78, 5) is 6.67. The van der Waals surface area contributed by atoms with Gasteiger partial charge in [-0.2, -0.15) is 0 Å². The lowest BCUT2D eigenvalue weighted by molar-refractivity contribution is 0.0377. The van der Waals surface area contributed by atoms with E-state index < -0.39 is 0 Å². The third-order valence-electron chi connectivity index (χ3n) is 4.71. The number of anilines is 2. The maximum absolute atomic E-state index is 6.58. The lowest BCUT2D eigenvalue weighted by Gasteiger charge is -2.35. The number of fused-ring (bicyclic) bond motifs is 2. The van der Waals surface area contributed by atoms with Gasteiger partial charge in [0.05, 0.1) is 34.6 Å². The van der Waals surface area contributed by atoms with E-state index in [2.05, 4.69) is 9.80 Å². The first-order valence-corrected chi connectivity index (χ1v) is 11.1. The molecule has 1 saturated heterocycles. The molecule has 0 radical (unpaired) electrons. The van der Waals surface area contributed by atoms with Gasteiger partial charge in [0, 0.05) is 46.0 Å². The van der Waals surface area contributed by atoms with Crippen LogP contribution in [0.2, 0.25) is 20.1 Å². The third kappa shape index (κ3) is 4.81. The highest BCUT2D eigenvalue weighted by atomic mass is 35.5. The van der Waals surface area contributed by atoms with Gasteiger partial charge in [-0.15, -0.1) is 12.4 Å². The number of ether oxygens (including phenoxy) is 1. The van der Waals surface area contributed by atoms with Gasteiger partial charge in [0.15, 0.2) is 0 Å². The van der Waals surface area contributed by atoms with Crippen molar-refractivity contribution in [3.05, 3.63) is 44.4 Å². The second kappa shape index (κ2) is 9.84. The predicted octanol–water partition coefficient (Wildman–Crippen LogP) is 7.05. The van der Waals surface area contributed by atoms with E-state index in [9.17, 15) is 0 Å². The van der Waals surface area contributed by atoms with E-state index in [4.69, 9.17) is 51.1 Å². The molecule has 0 spiro atoms. The molecule has 2 heterocycles. The van der Waals surface area contributed by atoms with Gasteiger partial charge in [-0.3, -0.25) is 4.90 Å². The lowest BCUT2D eigenvalue weighted by atomic mass is 10.2. The van der Waals surface area contributed by atoms with Crippen molar-refractivity contribution in [3.8, 4) is 0 Å². The predicted molar refractivity (Wildman–Crippen MR) is 123 cm³/mol. The number of morpholine rings is 1. The Labute approximate surface area is 195 Å². The van der Waals surface area contributed by atoms with E-state index in [0.717, 1.165) is 67.0 Å². The Morgan fingerprint density at radius 3 is 1.89 bits per heavy atom. The van der Waals surface area contributed by atoms with E-state index in [1.54, 1.807) is 23.9 Å². The molecule has 0 N–H and O–H groups in total. The quantitative estimate of drug-likeness (QED) is 0.447. The maximum Gasteiger partial charge on any atom is 0.0743 e. The Bertz CT molecular complexity index is 803. The summed E-state index contributed by atoms with van der Waals surface area (Å²) in [5.41, 5.74) is 1.93. The van der Waals surface area contributed by atoms with Crippen LogP contribution in [0.5, 0.6) is 0 Å². The third-order valence-corrected chi connectivity index (χ3v) is 6.78. The highest BCUT2D eigenvalue weighted by molar-refractivity contribution is 7.99. The maximum atomic E-state index is 6.58. The van der Waals surface area contributed by atoms with Crippen molar-refractivity contribution >= 4 is 81.9 Å². The highest BCUT2D eigenvalue weighted by Gasteiger charge is 2.28. The Hall–Kier alpha value is -0.0400. The minimum Gasteiger partial charge on any atom is -0.379 e. The molecule has 2 aliphatic heterocycles. The fourth-order valence-corrected chi connectivity index (χ4v) is 6.17. The smallest absolute Gasteiger partial charge is 0.0743 e. The molecule has 2 aromatic rings. The van der Waals surface area contributed by atoms with Crippen molar-refractivity contribution in [2.45, 2.75) is 16.2 Å². The summed E-state index contributed by atoms with van der Waals surface area (Å²) in [5.74, 6) is 0. The summed E-state index contributed by atoms with van der Waals surface area (Å²) in [6.45, 7) is 5.39. The fourth-order valence-electron chi connectivity index (χ4n) is 3.50. The van der Waals surface area contributed by atoms with Gasteiger partial charge >= 0.3 is 0 Å². The van der Waals surface area contributed by atoms with Gasteiger partial charge in [-0.1, -0.05) is 58.2 Å². The Kier molecular flexibility index (Phi) is 7.96. The summed E-state index contributed by atoms with van der Waals surface area (Å²) >= 11 is 27.2. The first-order valence-electron chi connectivity index (χ1n) is 8.76. The van der Waals surface area contributed by atoms with Crippen molar-refractivity contribution in [3.63, 3.8) is 0 Å². The number of halogens is 5. The normalized spacial score (nSPS) is 16.4. The molecule has 3 nitrogen and oxygen atoms in total. The van der Waals surface area contributed by atoms with Crippen LogP contribution in [0.3, 0.4) is 0 Å². The molecule has 0 aliphatic carbocycles. The zero-order valence-corrected chi connectivity index (χ0v) is 19.5.